The lowest BCUT2D eigenvalue weighted by molar-refractivity contribution is -0.634. The normalized spacial score (nSPS) is 12.0. The largest absolute Gasteiger partial charge is 0.243 e. The third-order valence-electron chi connectivity index (χ3n) is 4.91. The Kier molecular flexibility index (Phi) is 4.40. The number of fused-ring (bicyclic) bond motifs is 1. The first-order valence-corrected chi connectivity index (χ1v) is 9.01. The SMILES string of the molecule is Cc1cc(C)c(C)c(-c2cnc3cc(CC(C)(C)C)ccc3[n+]2C)c1. The molecule has 2 aromatic carbocycles. The molecule has 1 aromatic heterocycles. The van der Waals surface area contributed by atoms with Crippen molar-refractivity contribution in [2.45, 2.75) is 48.0 Å². The van der Waals surface area contributed by atoms with Crippen LogP contribution >= 0.6 is 0 Å². The van der Waals surface area contributed by atoms with Gasteiger partial charge in [-0.05, 0) is 61.4 Å². The van der Waals surface area contributed by atoms with Crippen LogP contribution in [0.25, 0.3) is 22.3 Å². The van der Waals surface area contributed by atoms with Crippen molar-refractivity contribution >= 4 is 11.0 Å². The van der Waals surface area contributed by atoms with Crippen LogP contribution in [-0.4, -0.2) is 4.98 Å². The molecule has 2 nitrogen and oxygen atoms in total. The number of benzene rings is 2. The van der Waals surface area contributed by atoms with Gasteiger partial charge in [0, 0.05) is 6.07 Å². The summed E-state index contributed by atoms with van der Waals surface area (Å²) < 4.78 is 2.27. The van der Waals surface area contributed by atoms with Crippen LogP contribution in [0.3, 0.4) is 0 Å². The highest BCUT2D eigenvalue weighted by Crippen LogP contribution is 2.26. The topological polar surface area (TPSA) is 16.8 Å². The zero-order valence-corrected chi connectivity index (χ0v) is 16.6. The summed E-state index contributed by atoms with van der Waals surface area (Å²) in [6.45, 7) is 13.4. The van der Waals surface area contributed by atoms with E-state index in [1.165, 1.54) is 39.0 Å². The van der Waals surface area contributed by atoms with E-state index in [0.717, 1.165) is 11.9 Å². The molecule has 0 spiro atoms. The predicted octanol–water partition coefficient (Wildman–Crippen LogP) is 5.24. The number of nitrogens with zero attached hydrogens (tertiary/aromatic N) is 2. The minimum Gasteiger partial charge on any atom is -0.243 e. The van der Waals surface area contributed by atoms with Crippen LogP contribution in [0.4, 0.5) is 0 Å². The second kappa shape index (κ2) is 6.25. The maximum atomic E-state index is 4.79. The average molecular weight is 333 g/mol. The van der Waals surface area contributed by atoms with Gasteiger partial charge in [-0.1, -0.05) is 38.5 Å². The molecule has 0 saturated heterocycles. The lowest BCUT2D eigenvalue weighted by atomic mass is 9.88. The van der Waals surface area contributed by atoms with E-state index in [0.29, 0.717) is 0 Å². The molecule has 2 heteroatoms. The molecule has 0 aliphatic rings. The summed E-state index contributed by atoms with van der Waals surface area (Å²) >= 11 is 0. The predicted molar refractivity (Wildman–Crippen MR) is 106 cm³/mol. The van der Waals surface area contributed by atoms with Crippen molar-refractivity contribution < 1.29 is 4.57 Å². The van der Waals surface area contributed by atoms with Gasteiger partial charge in [0.05, 0.1) is 5.56 Å². The van der Waals surface area contributed by atoms with E-state index in [9.17, 15) is 0 Å². The van der Waals surface area contributed by atoms with E-state index < -0.39 is 0 Å². The Bertz CT molecular complexity index is 946. The van der Waals surface area contributed by atoms with Crippen LogP contribution in [0, 0.1) is 26.2 Å². The van der Waals surface area contributed by atoms with E-state index in [4.69, 9.17) is 4.98 Å². The third-order valence-corrected chi connectivity index (χ3v) is 4.91. The maximum absolute atomic E-state index is 4.79. The summed E-state index contributed by atoms with van der Waals surface area (Å²) in [5, 5.41) is 0. The fourth-order valence-electron chi connectivity index (χ4n) is 3.58. The third kappa shape index (κ3) is 3.58. The van der Waals surface area contributed by atoms with Gasteiger partial charge in [0.15, 0.2) is 0 Å². The molecule has 25 heavy (non-hydrogen) atoms. The van der Waals surface area contributed by atoms with E-state index in [-0.39, 0.29) is 5.41 Å². The first-order chi connectivity index (χ1) is 11.7. The van der Waals surface area contributed by atoms with Crippen LogP contribution < -0.4 is 4.57 Å². The monoisotopic (exact) mass is 333 g/mol. The van der Waals surface area contributed by atoms with Gasteiger partial charge < -0.3 is 0 Å². The highest BCUT2D eigenvalue weighted by molar-refractivity contribution is 5.74. The Labute approximate surface area is 151 Å². The van der Waals surface area contributed by atoms with Crippen molar-refractivity contribution in [1.82, 2.24) is 4.98 Å². The molecule has 0 aliphatic heterocycles. The number of aromatic nitrogens is 2. The molecular weight excluding hydrogens is 304 g/mol. The number of aryl methyl sites for hydroxylation is 3. The van der Waals surface area contributed by atoms with Crippen LogP contribution in [0.2, 0.25) is 0 Å². The number of hydrogen-bond donors (Lipinski definition) is 0. The van der Waals surface area contributed by atoms with Crippen molar-refractivity contribution in [2.24, 2.45) is 12.5 Å². The molecule has 1 heterocycles. The zero-order valence-electron chi connectivity index (χ0n) is 16.6. The molecule has 0 unspecified atom stereocenters. The standard InChI is InChI=1S/C23H29N2/c1-15-10-16(2)17(3)19(11-15)22-14-24-20-12-18(13-23(4,5)6)8-9-21(20)25(22)7/h8-12,14H,13H2,1-7H3/q+1. The Morgan fingerprint density at radius 2 is 1.72 bits per heavy atom. The minimum absolute atomic E-state index is 0.284. The molecule has 3 aromatic rings. The van der Waals surface area contributed by atoms with E-state index in [1.807, 2.05) is 6.20 Å². The van der Waals surface area contributed by atoms with Gasteiger partial charge in [0.25, 0.3) is 0 Å². The fraction of sp³-hybridized carbons (Fsp3) is 0.391. The first kappa shape index (κ1) is 17.6. The molecular formula is C23H29N2+. The lowest BCUT2D eigenvalue weighted by Crippen LogP contribution is -2.33. The first-order valence-electron chi connectivity index (χ1n) is 9.01. The van der Waals surface area contributed by atoms with Gasteiger partial charge in [-0.3, -0.25) is 0 Å². The molecule has 130 valence electrons. The van der Waals surface area contributed by atoms with E-state index in [1.54, 1.807) is 0 Å². The lowest BCUT2D eigenvalue weighted by Gasteiger charge is -2.18. The maximum Gasteiger partial charge on any atom is 0.231 e. The molecule has 0 fully saturated rings. The summed E-state index contributed by atoms with van der Waals surface area (Å²) in [5.74, 6) is 0. The Hall–Kier alpha value is -2.22. The summed E-state index contributed by atoms with van der Waals surface area (Å²) in [6.07, 6.45) is 3.08. The molecule has 0 aliphatic carbocycles. The summed E-state index contributed by atoms with van der Waals surface area (Å²) in [4.78, 5) is 4.79. The van der Waals surface area contributed by atoms with Gasteiger partial charge in [-0.15, -0.1) is 0 Å². The fourth-order valence-corrected chi connectivity index (χ4v) is 3.58. The molecule has 0 bridgehead atoms. The summed E-state index contributed by atoms with van der Waals surface area (Å²) in [5.41, 5.74) is 10.3. The second-order valence-electron chi connectivity index (χ2n) is 8.52. The van der Waals surface area contributed by atoms with E-state index >= 15 is 0 Å². The van der Waals surface area contributed by atoms with Crippen molar-refractivity contribution in [2.75, 3.05) is 0 Å². The Morgan fingerprint density at radius 3 is 2.40 bits per heavy atom. The smallest absolute Gasteiger partial charge is 0.231 e. The molecule has 3 rings (SSSR count). The second-order valence-corrected chi connectivity index (χ2v) is 8.52. The van der Waals surface area contributed by atoms with Crippen LogP contribution in [-0.2, 0) is 13.5 Å². The molecule has 0 radical (unpaired) electrons. The summed E-state index contributed by atoms with van der Waals surface area (Å²) in [6, 6.07) is 11.2. The van der Waals surface area contributed by atoms with Crippen molar-refractivity contribution in [1.29, 1.82) is 0 Å². The molecule has 0 N–H and O–H groups in total. The highest BCUT2D eigenvalue weighted by atomic mass is 15.0. The van der Waals surface area contributed by atoms with Crippen molar-refractivity contribution in [3.8, 4) is 11.3 Å². The molecule has 0 amide bonds. The Balaban J connectivity index is 2.14. The number of rotatable bonds is 2. The van der Waals surface area contributed by atoms with E-state index in [2.05, 4.69) is 83.5 Å². The van der Waals surface area contributed by atoms with Crippen LogP contribution in [0.5, 0.6) is 0 Å². The van der Waals surface area contributed by atoms with Crippen molar-refractivity contribution in [3.63, 3.8) is 0 Å². The highest BCUT2D eigenvalue weighted by Gasteiger charge is 2.19. The number of hydrogen-bond acceptors (Lipinski definition) is 1. The van der Waals surface area contributed by atoms with Gasteiger partial charge in [0.2, 0.25) is 11.2 Å². The Morgan fingerprint density at radius 1 is 1.00 bits per heavy atom. The van der Waals surface area contributed by atoms with Crippen LogP contribution in [0.15, 0.2) is 36.5 Å². The molecule has 0 atom stereocenters. The quantitative estimate of drug-likeness (QED) is 0.586. The van der Waals surface area contributed by atoms with Gasteiger partial charge in [-0.2, -0.15) is 4.57 Å². The minimum atomic E-state index is 0.284. The van der Waals surface area contributed by atoms with Gasteiger partial charge in [0.1, 0.15) is 18.8 Å². The summed E-state index contributed by atoms with van der Waals surface area (Å²) in [7, 11) is 2.14. The molecule has 0 saturated carbocycles. The van der Waals surface area contributed by atoms with Gasteiger partial charge in [-0.25, -0.2) is 4.98 Å². The van der Waals surface area contributed by atoms with Crippen molar-refractivity contribution in [3.05, 3.63) is 58.8 Å². The van der Waals surface area contributed by atoms with Crippen LogP contribution in [0.1, 0.15) is 43.0 Å². The van der Waals surface area contributed by atoms with Gasteiger partial charge >= 0.3 is 0 Å². The average Bonchev–Trinajstić information content (AvgIpc) is 2.50. The zero-order chi connectivity index (χ0) is 18.4.